The summed E-state index contributed by atoms with van der Waals surface area (Å²) in [6, 6.07) is 10.1. The van der Waals surface area contributed by atoms with Gasteiger partial charge in [-0.05, 0) is 49.3 Å². The zero-order chi connectivity index (χ0) is 15.2. The van der Waals surface area contributed by atoms with Crippen LogP contribution in [0, 0.1) is 34.5 Å². The lowest BCUT2D eigenvalue weighted by atomic mass is 9.81. The SMILES string of the molecule is CC(C)CC1CCCC(Nc2ccc(C#N)c(C#N)c2)C1. The van der Waals surface area contributed by atoms with Gasteiger partial charge in [-0.25, -0.2) is 0 Å². The molecule has 110 valence electrons. The smallest absolute Gasteiger partial charge is 0.101 e. The first kappa shape index (κ1) is 15.4. The topological polar surface area (TPSA) is 59.6 Å². The maximum absolute atomic E-state index is 9.09. The van der Waals surface area contributed by atoms with Gasteiger partial charge in [0.15, 0.2) is 0 Å². The van der Waals surface area contributed by atoms with Crippen LogP contribution in [0.2, 0.25) is 0 Å². The first-order valence-corrected chi connectivity index (χ1v) is 7.83. The summed E-state index contributed by atoms with van der Waals surface area (Å²) in [6.45, 7) is 4.58. The van der Waals surface area contributed by atoms with Crippen molar-refractivity contribution >= 4 is 5.69 Å². The summed E-state index contributed by atoms with van der Waals surface area (Å²) in [4.78, 5) is 0. The molecule has 0 bridgehead atoms. The third kappa shape index (κ3) is 4.23. The molecule has 0 radical (unpaired) electrons. The normalized spacial score (nSPS) is 21.6. The minimum absolute atomic E-state index is 0.448. The zero-order valence-electron chi connectivity index (χ0n) is 12.9. The molecule has 1 aliphatic rings. The van der Waals surface area contributed by atoms with Crippen LogP contribution in [0.4, 0.5) is 5.69 Å². The highest BCUT2D eigenvalue weighted by Crippen LogP contribution is 2.31. The third-order valence-corrected chi connectivity index (χ3v) is 4.22. The van der Waals surface area contributed by atoms with Crippen molar-refractivity contribution in [3.63, 3.8) is 0 Å². The molecule has 21 heavy (non-hydrogen) atoms. The Bertz CT molecular complexity index is 563. The molecule has 2 atom stereocenters. The molecule has 2 rings (SSSR count). The van der Waals surface area contributed by atoms with Crippen LogP contribution >= 0.6 is 0 Å². The monoisotopic (exact) mass is 281 g/mol. The fourth-order valence-electron chi connectivity index (χ4n) is 3.36. The van der Waals surface area contributed by atoms with Crippen LogP contribution in [0.3, 0.4) is 0 Å². The van der Waals surface area contributed by atoms with Crippen LogP contribution in [-0.2, 0) is 0 Å². The molecule has 0 aromatic heterocycles. The van der Waals surface area contributed by atoms with Gasteiger partial charge in [0.25, 0.3) is 0 Å². The Morgan fingerprint density at radius 3 is 2.62 bits per heavy atom. The largest absolute Gasteiger partial charge is 0.382 e. The maximum Gasteiger partial charge on any atom is 0.101 e. The van der Waals surface area contributed by atoms with E-state index in [1.54, 1.807) is 12.1 Å². The Kier molecular flexibility index (Phi) is 5.23. The average molecular weight is 281 g/mol. The lowest BCUT2D eigenvalue weighted by Crippen LogP contribution is -2.28. The van der Waals surface area contributed by atoms with Crippen molar-refractivity contribution in [2.75, 3.05) is 5.32 Å². The van der Waals surface area contributed by atoms with Crippen LogP contribution in [0.5, 0.6) is 0 Å². The molecule has 1 aliphatic carbocycles. The lowest BCUT2D eigenvalue weighted by Gasteiger charge is -2.31. The van der Waals surface area contributed by atoms with E-state index in [9.17, 15) is 0 Å². The van der Waals surface area contributed by atoms with Crippen molar-refractivity contribution in [1.29, 1.82) is 10.5 Å². The van der Waals surface area contributed by atoms with E-state index in [4.69, 9.17) is 10.5 Å². The van der Waals surface area contributed by atoms with Crippen LogP contribution in [-0.4, -0.2) is 6.04 Å². The molecule has 0 heterocycles. The Balaban J connectivity index is 2.01. The molecule has 0 aliphatic heterocycles. The van der Waals surface area contributed by atoms with Crippen molar-refractivity contribution in [3.05, 3.63) is 29.3 Å². The number of nitrogens with zero attached hydrogens (tertiary/aromatic N) is 2. The second-order valence-corrected chi connectivity index (χ2v) is 6.49. The molecule has 1 saturated carbocycles. The summed E-state index contributed by atoms with van der Waals surface area (Å²) >= 11 is 0. The van der Waals surface area contributed by atoms with Crippen molar-refractivity contribution in [2.45, 2.75) is 52.0 Å². The Morgan fingerprint density at radius 2 is 1.95 bits per heavy atom. The highest BCUT2D eigenvalue weighted by Gasteiger charge is 2.22. The molecular formula is C18H23N3. The van der Waals surface area contributed by atoms with Gasteiger partial charge in [0.2, 0.25) is 0 Å². The maximum atomic E-state index is 9.09. The lowest BCUT2D eigenvalue weighted by molar-refractivity contribution is 0.289. The van der Waals surface area contributed by atoms with E-state index in [0.717, 1.165) is 17.5 Å². The van der Waals surface area contributed by atoms with E-state index in [-0.39, 0.29) is 0 Å². The number of nitrogens with one attached hydrogen (secondary N) is 1. The van der Waals surface area contributed by atoms with Crippen molar-refractivity contribution in [1.82, 2.24) is 0 Å². The van der Waals surface area contributed by atoms with Crippen LogP contribution in [0.15, 0.2) is 18.2 Å². The van der Waals surface area contributed by atoms with E-state index in [1.165, 1.54) is 32.1 Å². The summed E-state index contributed by atoms with van der Waals surface area (Å²) < 4.78 is 0. The van der Waals surface area contributed by atoms with Gasteiger partial charge in [0, 0.05) is 11.7 Å². The molecule has 0 amide bonds. The number of benzene rings is 1. The van der Waals surface area contributed by atoms with Gasteiger partial charge in [-0.1, -0.05) is 26.7 Å². The first-order chi connectivity index (χ1) is 10.1. The predicted molar refractivity (Wildman–Crippen MR) is 84.7 cm³/mol. The molecule has 1 aromatic rings. The van der Waals surface area contributed by atoms with Gasteiger partial charge < -0.3 is 5.32 Å². The van der Waals surface area contributed by atoms with Gasteiger partial charge in [-0.3, -0.25) is 0 Å². The van der Waals surface area contributed by atoms with Crippen LogP contribution in [0.1, 0.15) is 57.1 Å². The zero-order valence-corrected chi connectivity index (χ0v) is 12.9. The van der Waals surface area contributed by atoms with E-state index in [1.807, 2.05) is 6.07 Å². The number of hydrogen-bond acceptors (Lipinski definition) is 3. The fraction of sp³-hybridized carbons (Fsp3) is 0.556. The summed E-state index contributed by atoms with van der Waals surface area (Å²) in [5.74, 6) is 1.57. The molecule has 1 fully saturated rings. The number of anilines is 1. The Hall–Kier alpha value is -2.00. The second-order valence-electron chi connectivity index (χ2n) is 6.49. The third-order valence-electron chi connectivity index (χ3n) is 4.22. The van der Waals surface area contributed by atoms with Gasteiger partial charge >= 0.3 is 0 Å². The molecule has 0 spiro atoms. The summed E-state index contributed by atoms with van der Waals surface area (Å²) in [5, 5.41) is 21.6. The number of rotatable bonds is 4. The average Bonchev–Trinajstić information content (AvgIpc) is 2.46. The van der Waals surface area contributed by atoms with Crippen molar-refractivity contribution < 1.29 is 0 Å². The van der Waals surface area contributed by atoms with Gasteiger partial charge in [-0.15, -0.1) is 0 Å². The predicted octanol–water partition coefficient (Wildman–Crippen LogP) is 4.45. The molecule has 1 aromatic carbocycles. The van der Waals surface area contributed by atoms with Crippen molar-refractivity contribution in [2.24, 2.45) is 11.8 Å². The summed E-state index contributed by atoms with van der Waals surface area (Å²) in [5.41, 5.74) is 1.86. The molecule has 1 N–H and O–H groups in total. The van der Waals surface area contributed by atoms with Crippen molar-refractivity contribution in [3.8, 4) is 12.1 Å². The quantitative estimate of drug-likeness (QED) is 0.887. The van der Waals surface area contributed by atoms with Crippen LogP contribution in [0.25, 0.3) is 0 Å². The molecular weight excluding hydrogens is 258 g/mol. The van der Waals surface area contributed by atoms with E-state index in [2.05, 4.69) is 31.3 Å². The summed E-state index contributed by atoms with van der Waals surface area (Å²) in [7, 11) is 0. The second kappa shape index (κ2) is 7.14. The molecule has 3 nitrogen and oxygen atoms in total. The summed E-state index contributed by atoms with van der Waals surface area (Å²) in [6.07, 6.45) is 6.31. The number of hydrogen-bond donors (Lipinski definition) is 1. The van der Waals surface area contributed by atoms with Gasteiger partial charge in [-0.2, -0.15) is 10.5 Å². The fourth-order valence-corrected chi connectivity index (χ4v) is 3.36. The standard InChI is InChI=1S/C18H23N3/c1-13(2)8-14-4-3-5-17(9-14)21-18-7-6-15(11-19)16(10-18)12-20/h6-7,10,13-14,17,21H,3-5,8-9H2,1-2H3. The molecule has 3 heteroatoms. The van der Waals surface area contributed by atoms with Crippen LogP contribution < -0.4 is 5.32 Å². The first-order valence-electron chi connectivity index (χ1n) is 7.83. The minimum atomic E-state index is 0.448. The molecule has 0 saturated heterocycles. The highest BCUT2D eigenvalue weighted by atomic mass is 14.9. The minimum Gasteiger partial charge on any atom is -0.382 e. The van der Waals surface area contributed by atoms with Gasteiger partial charge in [0.05, 0.1) is 11.1 Å². The Morgan fingerprint density at radius 1 is 1.19 bits per heavy atom. The van der Waals surface area contributed by atoms with E-state index < -0.39 is 0 Å². The van der Waals surface area contributed by atoms with E-state index in [0.29, 0.717) is 17.2 Å². The Labute approximate surface area is 127 Å². The number of nitriles is 2. The highest BCUT2D eigenvalue weighted by molar-refractivity contribution is 5.56. The van der Waals surface area contributed by atoms with E-state index >= 15 is 0 Å². The molecule has 2 unspecified atom stereocenters. The van der Waals surface area contributed by atoms with Gasteiger partial charge in [0.1, 0.15) is 12.1 Å².